The topological polar surface area (TPSA) is 38.3 Å². The van der Waals surface area contributed by atoms with Crippen molar-refractivity contribution in [2.45, 2.75) is 12.5 Å². The summed E-state index contributed by atoms with van der Waals surface area (Å²) in [6, 6.07) is 17.8. The number of rotatable bonds is 7. The van der Waals surface area contributed by atoms with Crippen LogP contribution in [0.25, 0.3) is 0 Å². The first-order chi connectivity index (χ1) is 13.5. The Labute approximate surface area is 173 Å². The third-order valence-electron chi connectivity index (χ3n) is 4.33. The zero-order valence-corrected chi connectivity index (χ0v) is 16.6. The Balaban J connectivity index is 1.87. The lowest BCUT2D eigenvalue weighted by atomic mass is 9.97. The number of methoxy groups -OCH3 is 1. The van der Waals surface area contributed by atoms with E-state index in [4.69, 9.17) is 27.9 Å². The molecule has 28 heavy (non-hydrogen) atoms. The Morgan fingerprint density at radius 1 is 1.00 bits per heavy atom. The number of hydrogen-bond donors (Lipinski definition) is 1. The summed E-state index contributed by atoms with van der Waals surface area (Å²) < 4.78 is 18.3. The van der Waals surface area contributed by atoms with Crippen molar-refractivity contribution in [3.63, 3.8) is 0 Å². The molecule has 0 saturated carbocycles. The Morgan fingerprint density at radius 3 is 2.29 bits per heavy atom. The summed E-state index contributed by atoms with van der Waals surface area (Å²) in [6.07, 6.45) is 0.162. The molecule has 1 unspecified atom stereocenters. The first-order valence-electron chi connectivity index (χ1n) is 8.60. The summed E-state index contributed by atoms with van der Waals surface area (Å²) in [5, 5.41) is 4.21. The van der Waals surface area contributed by atoms with Crippen molar-refractivity contribution >= 4 is 34.7 Å². The molecule has 0 aromatic heterocycles. The van der Waals surface area contributed by atoms with Crippen LogP contribution in [0.4, 0.5) is 10.1 Å². The van der Waals surface area contributed by atoms with E-state index in [2.05, 4.69) is 5.32 Å². The summed E-state index contributed by atoms with van der Waals surface area (Å²) >= 11 is 12.2. The van der Waals surface area contributed by atoms with Crippen LogP contribution in [0.3, 0.4) is 0 Å². The van der Waals surface area contributed by atoms with Crippen LogP contribution in [0, 0.1) is 5.82 Å². The molecule has 3 aromatic carbocycles. The van der Waals surface area contributed by atoms with E-state index in [0.29, 0.717) is 15.6 Å². The average molecular weight is 418 g/mol. The Hall–Kier alpha value is -2.56. The molecule has 0 aliphatic carbocycles. The number of carbonyl (C=O) groups excluding carboxylic acids is 1. The molecule has 0 aliphatic heterocycles. The minimum Gasteiger partial charge on any atom is -0.497 e. The smallest absolute Gasteiger partial charge is 0.165 e. The monoisotopic (exact) mass is 417 g/mol. The van der Waals surface area contributed by atoms with Gasteiger partial charge >= 0.3 is 0 Å². The molecule has 1 N–H and O–H groups in total. The van der Waals surface area contributed by atoms with Crippen molar-refractivity contribution in [3.8, 4) is 5.75 Å². The van der Waals surface area contributed by atoms with E-state index in [9.17, 15) is 9.18 Å². The van der Waals surface area contributed by atoms with Crippen molar-refractivity contribution < 1.29 is 13.9 Å². The highest BCUT2D eigenvalue weighted by atomic mass is 35.5. The number of benzene rings is 3. The van der Waals surface area contributed by atoms with E-state index < -0.39 is 0 Å². The largest absolute Gasteiger partial charge is 0.497 e. The second kappa shape index (κ2) is 9.09. The molecule has 0 spiro atoms. The van der Waals surface area contributed by atoms with Crippen LogP contribution in [0.1, 0.15) is 28.4 Å². The van der Waals surface area contributed by atoms with E-state index in [-0.39, 0.29) is 24.1 Å². The molecule has 3 rings (SSSR count). The van der Waals surface area contributed by atoms with Crippen LogP contribution in [-0.4, -0.2) is 12.9 Å². The fourth-order valence-electron chi connectivity index (χ4n) is 2.81. The van der Waals surface area contributed by atoms with Gasteiger partial charge in [-0.1, -0.05) is 29.3 Å². The number of hydrogen-bond acceptors (Lipinski definition) is 3. The number of nitrogens with one attached hydrogen (secondary N) is 1. The molecule has 3 aromatic rings. The molecule has 0 fully saturated rings. The SMILES string of the molecule is COc1ccc(NC(CC(=O)c2ccc(F)cc2)c2ccc(Cl)c(Cl)c2)cc1. The predicted molar refractivity (Wildman–Crippen MR) is 111 cm³/mol. The third-order valence-corrected chi connectivity index (χ3v) is 5.07. The summed E-state index contributed by atoms with van der Waals surface area (Å²) in [6.45, 7) is 0. The molecular weight excluding hydrogens is 400 g/mol. The number of anilines is 1. The van der Waals surface area contributed by atoms with Gasteiger partial charge < -0.3 is 10.1 Å². The standard InChI is InChI=1S/C22H18Cl2FNO2/c1-28-18-9-7-17(8-10-18)26-21(15-4-11-19(23)20(24)12-15)13-22(27)14-2-5-16(25)6-3-14/h2-12,21,26H,13H2,1H3. The Kier molecular flexibility index (Phi) is 6.55. The maximum atomic E-state index is 13.1. The summed E-state index contributed by atoms with van der Waals surface area (Å²) in [5.74, 6) is 0.241. The van der Waals surface area contributed by atoms with E-state index in [1.807, 2.05) is 30.3 Å². The van der Waals surface area contributed by atoms with Crippen LogP contribution in [0.2, 0.25) is 10.0 Å². The van der Waals surface area contributed by atoms with Gasteiger partial charge in [-0.2, -0.15) is 0 Å². The quantitative estimate of drug-likeness (QED) is 0.441. The van der Waals surface area contributed by atoms with Gasteiger partial charge in [-0.15, -0.1) is 0 Å². The zero-order valence-electron chi connectivity index (χ0n) is 15.1. The normalized spacial score (nSPS) is 11.7. The molecule has 144 valence electrons. The van der Waals surface area contributed by atoms with Crippen molar-refractivity contribution in [1.29, 1.82) is 0 Å². The molecule has 0 radical (unpaired) electrons. The van der Waals surface area contributed by atoms with Gasteiger partial charge in [-0.3, -0.25) is 4.79 Å². The molecule has 0 bridgehead atoms. The van der Waals surface area contributed by atoms with Crippen molar-refractivity contribution in [1.82, 2.24) is 0 Å². The average Bonchev–Trinajstić information content (AvgIpc) is 2.70. The summed E-state index contributed by atoms with van der Waals surface area (Å²) in [5.41, 5.74) is 2.09. The molecule has 6 heteroatoms. The number of carbonyl (C=O) groups is 1. The minimum atomic E-state index is -0.381. The van der Waals surface area contributed by atoms with Crippen LogP contribution >= 0.6 is 23.2 Å². The van der Waals surface area contributed by atoms with Crippen LogP contribution in [0.15, 0.2) is 66.7 Å². The van der Waals surface area contributed by atoms with Crippen LogP contribution in [0.5, 0.6) is 5.75 Å². The van der Waals surface area contributed by atoms with Gasteiger partial charge in [0, 0.05) is 17.7 Å². The van der Waals surface area contributed by atoms with E-state index in [1.165, 1.54) is 24.3 Å². The zero-order chi connectivity index (χ0) is 20.1. The second-order valence-electron chi connectivity index (χ2n) is 6.23. The van der Waals surface area contributed by atoms with E-state index >= 15 is 0 Å². The first kappa shape index (κ1) is 20.2. The van der Waals surface area contributed by atoms with Gasteiger partial charge in [0.2, 0.25) is 0 Å². The molecule has 0 amide bonds. The van der Waals surface area contributed by atoms with Gasteiger partial charge in [0.05, 0.1) is 23.2 Å². The third kappa shape index (κ3) is 5.03. The van der Waals surface area contributed by atoms with Crippen molar-refractivity contribution in [2.75, 3.05) is 12.4 Å². The number of halogens is 3. The highest BCUT2D eigenvalue weighted by Crippen LogP contribution is 2.30. The number of ketones is 1. The van der Waals surface area contributed by atoms with E-state index in [0.717, 1.165) is 17.0 Å². The lowest BCUT2D eigenvalue weighted by Crippen LogP contribution is -2.16. The highest BCUT2D eigenvalue weighted by Gasteiger charge is 2.18. The summed E-state index contributed by atoms with van der Waals surface area (Å²) in [7, 11) is 1.60. The van der Waals surface area contributed by atoms with Gasteiger partial charge in [0.25, 0.3) is 0 Å². The number of Topliss-reactive ketones (excluding diaryl/α,β-unsaturated/α-hetero) is 1. The van der Waals surface area contributed by atoms with Crippen molar-refractivity contribution in [3.05, 3.63) is 93.7 Å². The maximum Gasteiger partial charge on any atom is 0.165 e. The van der Waals surface area contributed by atoms with Gasteiger partial charge in [0.15, 0.2) is 5.78 Å². The molecule has 0 aliphatic rings. The van der Waals surface area contributed by atoms with Gasteiger partial charge in [-0.25, -0.2) is 4.39 Å². The first-order valence-corrected chi connectivity index (χ1v) is 9.36. The minimum absolute atomic E-state index is 0.114. The Morgan fingerprint density at radius 2 is 1.68 bits per heavy atom. The molecule has 3 nitrogen and oxygen atoms in total. The lowest BCUT2D eigenvalue weighted by molar-refractivity contribution is 0.0976. The molecule has 1 atom stereocenters. The molecule has 0 heterocycles. The fourth-order valence-corrected chi connectivity index (χ4v) is 3.12. The molecular formula is C22H18Cl2FNO2. The van der Waals surface area contributed by atoms with Gasteiger partial charge in [-0.05, 0) is 66.2 Å². The lowest BCUT2D eigenvalue weighted by Gasteiger charge is -2.21. The highest BCUT2D eigenvalue weighted by molar-refractivity contribution is 6.42. The molecule has 0 saturated heterocycles. The van der Waals surface area contributed by atoms with Crippen molar-refractivity contribution in [2.24, 2.45) is 0 Å². The van der Waals surface area contributed by atoms with E-state index in [1.54, 1.807) is 19.2 Å². The second-order valence-corrected chi connectivity index (χ2v) is 7.05. The predicted octanol–water partition coefficient (Wildman–Crippen LogP) is 6.57. The fraction of sp³-hybridized carbons (Fsp3) is 0.136. The number of ether oxygens (including phenoxy) is 1. The van der Waals surface area contributed by atoms with Gasteiger partial charge in [0.1, 0.15) is 11.6 Å². The summed E-state index contributed by atoms with van der Waals surface area (Å²) in [4.78, 5) is 12.7. The Bertz CT molecular complexity index is 959. The maximum absolute atomic E-state index is 13.1. The van der Waals surface area contributed by atoms with Crippen LogP contribution < -0.4 is 10.1 Å². The van der Waals surface area contributed by atoms with Crippen LogP contribution in [-0.2, 0) is 0 Å².